The van der Waals surface area contributed by atoms with Crippen molar-refractivity contribution in [2.75, 3.05) is 12.4 Å². The summed E-state index contributed by atoms with van der Waals surface area (Å²) in [5.74, 6) is -0.221. The Labute approximate surface area is 103 Å². The van der Waals surface area contributed by atoms with Crippen LogP contribution in [0.15, 0.2) is 18.2 Å². The fraction of sp³-hybridized carbons (Fsp3) is 0.500. The maximum absolute atomic E-state index is 11.4. The third kappa shape index (κ3) is 3.77. The molecule has 0 spiro atoms. The van der Waals surface area contributed by atoms with Crippen LogP contribution >= 0.6 is 0 Å². The van der Waals surface area contributed by atoms with E-state index in [9.17, 15) is 4.79 Å². The van der Waals surface area contributed by atoms with Crippen molar-refractivity contribution in [2.45, 2.75) is 33.8 Å². The molecule has 0 unspecified atom stereocenters. The van der Waals surface area contributed by atoms with E-state index in [1.54, 1.807) is 0 Å². The molecule has 0 aliphatic carbocycles. The topological polar surface area (TPSA) is 38.3 Å². The molecule has 0 saturated carbocycles. The lowest BCUT2D eigenvalue weighted by Crippen LogP contribution is -2.12. The molecule has 17 heavy (non-hydrogen) atoms. The van der Waals surface area contributed by atoms with E-state index in [4.69, 9.17) is 4.74 Å². The molecule has 0 bridgehead atoms. The van der Waals surface area contributed by atoms with Crippen LogP contribution in [0.25, 0.3) is 0 Å². The quantitative estimate of drug-likeness (QED) is 0.797. The summed E-state index contributed by atoms with van der Waals surface area (Å²) in [5.41, 5.74) is 3.38. The molecule has 0 atom stereocenters. The van der Waals surface area contributed by atoms with Crippen molar-refractivity contribution in [2.24, 2.45) is 5.92 Å². The minimum absolute atomic E-state index is 0.0725. The molecule has 94 valence electrons. The molecular formula is C14H21NO2. The van der Waals surface area contributed by atoms with E-state index in [2.05, 4.69) is 18.3 Å². The van der Waals surface area contributed by atoms with Crippen molar-refractivity contribution >= 4 is 11.7 Å². The number of nitrogens with one attached hydrogen (secondary N) is 1. The molecule has 3 heteroatoms. The Balaban J connectivity index is 2.74. The van der Waals surface area contributed by atoms with Crippen molar-refractivity contribution < 1.29 is 9.53 Å². The highest BCUT2D eigenvalue weighted by Gasteiger charge is 2.10. The molecule has 0 saturated heterocycles. The largest absolute Gasteiger partial charge is 0.461 e. The Morgan fingerprint density at radius 2 is 2.06 bits per heavy atom. The van der Waals surface area contributed by atoms with E-state index >= 15 is 0 Å². The molecule has 0 radical (unpaired) electrons. The van der Waals surface area contributed by atoms with Gasteiger partial charge in [0.05, 0.1) is 5.92 Å². The fourth-order valence-electron chi connectivity index (χ4n) is 1.57. The van der Waals surface area contributed by atoms with Gasteiger partial charge in [-0.3, -0.25) is 4.79 Å². The number of esters is 1. The van der Waals surface area contributed by atoms with Gasteiger partial charge >= 0.3 is 5.97 Å². The first-order valence-corrected chi connectivity index (χ1v) is 6.04. The number of hydrogen-bond donors (Lipinski definition) is 1. The number of benzene rings is 1. The highest BCUT2D eigenvalue weighted by molar-refractivity contribution is 5.71. The van der Waals surface area contributed by atoms with Crippen LogP contribution in [-0.4, -0.2) is 13.0 Å². The number of anilines is 1. The fourth-order valence-corrected chi connectivity index (χ4v) is 1.57. The van der Waals surface area contributed by atoms with Crippen LogP contribution in [0.5, 0.6) is 0 Å². The molecule has 0 heterocycles. The Kier molecular flexibility index (Phi) is 5.01. The summed E-state index contributed by atoms with van der Waals surface area (Å²) >= 11 is 0. The number of aryl methyl sites for hydroxylation is 1. The van der Waals surface area contributed by atoms with Gasteiger partial charge in [-0.1, -0.05) is 26.8 Å². The molecule has 0 aliphatic rings. The van der Waals surface area contributed by atoms with Gasteiger partial charge in [0.15, 0.2) is 0 Å². The van der Waals surface area contributed by atoms with Gasteiger partial charge in [-0.05, 0) is 29.7 Å². The summed E-state index contributed by atoms with van der Waals surface area (Å²) < 4.78 is 5.25. The van der Waals surface area contributed by atoms with E-state index in [-0.39, 0.29) is 11.9 Å². The molecule has 1 N–H and O–H groups in total. The average molecular weight is 235 g/mol. The number of rotatable bonds is 5. The van der Waals surface area contributed by atoms with Crippen molar-refractivity contribution in [3.63, 3.8) is 0 Å². The first-order valence-electron chi connectivity index (χ1n) is 6.04. The molecular weight excluding hydrogens is 214 g/mol. The summed E-state index contributed by atoms with van der Waals surface area (Å²) in [6, 6.07) is 6.11. The van der Waals surface area contributed by atoms with Crippen LogP contribution in [0.4, 0.5) is 5.69 Å². The maximum atomic E-state index is 11.4. The molecule has 1 aromatic rings. The number of carbonyl (C=O) groups is 1. The lowest BCUT2D eigenvalue weighted by atomic mass is 10.0. The van der Waals surface area contributed by atoms with Gasteiger partial charge in [-0.15, -0.1) is 0 Å². The second-order valence-electron chi connectivity index (χ2n) is 4.35. The van der Waals surface area contributed by atoms with Gasteiger partial charge < -0.3 is 10.1 Å². The lowest BCUT2D eigenvalue weighted by Gasteiger charge is -2.12. The van der Waals surface area contributed by atoms with Crippen molar-refractivity contribution in [3.8, 4) is 0 Å². The number of carbonyl (C=O) groups excluding carboxylic acids is 1. The van der Waals surface area contributed by atoms with Gasteiger partial charge in [0.1, 0.15) is 6.61 Å². The van der Waals surface area contributed by atoms with E-state index in [0.717, 1.165) is 17.7 Å². The van der Waals surface area contributed by atoms with Gasteiger partial charge in [-0.2, -0.15) is 0 Å². The monoisotopic (exact) mass is 235 g/mol. The predicted molar refractivity (Wildman–Crippen MR) is 70.0 cm³/mol. The Morgan fingerprint density at radius 1 is 1.35 bits per heavy atom. The Hall–Kier alpha value is -1.51. The van der Waals surface area contributed by atoms with Gasteiger partial charge in [0, 0.05) is 12.7 Å². The summed E-state index contributed by atoms with van der Waals surface area (Å²) in [7, 11) is 1.90. The zero-order chi connectivity index (χ0) is 12.8. The highest BCUT2D eigenvalue weighted by Crippen LogP contribution is 2.17. The van der Waals surface area contributed by atoms with E-state index in [1.807, 2.05) is 33.0 Å². The summed E-state index contributed by atoms with van der Waals surface area (Å²) in [5, 5.41) is 3.10. The van der Waals surface area contributed by atoms with Crippen molar-refractivity contribution in [1.82, 2.24) is 0 Å². The second-order valence-corrected chi connectivity index (χ2v) is 4.35. The minimum atomic E-state index is -0.148. The zero-order valence-corrected chi connectivity index (χ0v) is 11.0. The minimum Gasteiger partial charge on any atom is -0.461 e. The normalized spacial score (nSPS) is 10.4. The average Bonchev–Trinajstić information content (AvgIpc) is 2.35. The van der Waals surface area contributed by atoms with Crippen molar-refractivity contribution in [1.29, 1.82) is 0 Å². The van der Waals surface area contributed by atoms with E-state index < -0.39 is 0 Å². The van der Waals surface area contributed by atoms with Crippen LogP contribution in [0.2, 0.25) is 0 Å². The van der Waals surface area contributed by atoms with Crippen LogP contribution in [-0.2, 0) is 22.6 Å². The summed E-state index contributed by atoms with van der Waals surface area (Å²) in [4.78, 5) is 11.4. The molecule has 1 rings (SSSR count). The predicted octanol–water partition coefficient (Wildman–Crippen LogP) is 2.99. The van der Waals surface area contributed by atoms with Crippen LogP contribution in [0.1, 0.15) is 31.9 Å². The highest BCUT2D eigenvalue weighted by atomic mass is 16.5. The molecule has 0 aliphatic heterocycles. The third-order valence-electron chi connectivity index (χ3n) is 2.72. The Morgan fingerprint density at radius 3 is 2.59 bits per heavy atom. The molecule has 0 fully saturated rings. The standard InChI is InChI=1S/C14H21NO2/c1-5-11-8-13(15-4)7-6-12(11)9-17-14(16)10(2)3/h6-8,10,15H,5,9H2,1-4H3. The maximum Gasteiger partial charge on any atom is 0.308 e. The second kappa shape index (κ2) is 6.28. The van der Waals surface area contributed by atoms with E-state index in [1.165, 1.54) is 5.56 Å². The third-order valence-corrected chi connectivity index (χ3v) is 2.72. The van der Waals surface area contributed by atoms with E-state index in [0.29, 0.717) is 6.61 Å². The lowest BCUT2D eigenvalue weighted by molar-refractivity contribution is -0.148. The van der Waals surface area contributed by atoms with Crippen molar-refractivity contribution in [3.05, 3.63) is 29.3 Å². The van der Waals surface area contributed by atoms with Crippen LogP contribution in [0, 0.1) is 5.92 Å². The number of hydrogen-bond acceptors (Lipinski definition) is 3. The first kappa shape index (κ1) is 13.6. The number of ether oxygens (including phenoxy) is 1. The molecule has 3 nitrogen and oxygen atoms in total. The zero-order valence-electron chi connectivity index (χ0n) is 11.0. The first-order chi connectivity index (χ1) is 8.08. The van der Waals surface area contributed by atoms with Crippen LogP contribution < -0.4 is 5.32 Å². The Bertz CT molecular complexity index is 386. The molecule has 0 aromatic heterocycles. The van der Waals surface area contributed by atoms with Gasteiger partial charge in [0.2, 0.25) is 0 Å². The SMILES string of the molecule is CCc1cc(NC)ccc1COC(=O)C(C)C. The summed E-state index contributed by atoms with van der Waals surface area (Å²) in [6.45, 7) is 6.15. The van der Waals surface area contributed by atoms with Gasteiger partial charge in [0.25, 0.3) is 0 Å². The molecule has 1 aromatic carbocycles. The van der Waals surface area contributed by atoms with Crippen LogP contribution in [0.3, 0.4) is 0 Å². The summed E-state index contributed by atoms with van der Waals surface area (Å²) in [6.07, 6.45) is 0.935. The van der Waals surface area contributed by atoms with Gasteiger partial charge in [-0.25, -0.2) is 0 Å². The smallest absolute Gasteiger partial charge is 0.308 e. The molecule has 0 amide bonds.